The Balaban J connectivity index is 1.89. The highest BCUT2D eigenvalue weighted by Gasteiger charge is 2.25. The number of unbranched alkanes of at least 4 members (excludes halogenated alkanes) is 1. The highest BCUT2D eigenvalue weighted by Crippen LogP contribution is 2.22. The number of aromatic nitrogens is 1. The lowest BCUT2D eigenvalue weighted by Gasteiger charge is -2.07. The number of alkyl halides is 3. The Morgan fingerprint density at radius 1 is 1.29 bits per heavy atom. The number of hydrogen-bond acceptors (Lipinski definition) is 2. The number of nitrogens with two attached hydrogens (primary N) is 1. The van der Waals surface area contributed by atoms with Crippen LogP contribution in [0.4, 0.5) is 18.9 Å². The molecule has 0 aliphatic heterocycles. The molecule has 4 nitrogen and oxygen atoms in total. The van der Waals surface area contributed by atoms with E-state index in [4.69, 9.17) is 5.73 Å². The Morgan fingerprint density at radius 2 is 2.05 bits per heavy atom. The molecule has 0 atom stereocenters. The number of anilines is 1. The topological polar surface area (TPSA) is 70.9 Å². The number of carbonyl (C=O) groups excluding carboxylic acids is 1. The lowest BCUT2D eigenvalue weighted by molar-refractivity contribution is -0.135. The fraction of sp³-hybridized carbons (Fsp3) is 0.357. The zero-order valence-electron chi connectivity index (χ0n) is 11.3. The summed E-state index contributed by atoms with van der Waals surface area (Å²) in [5, 5.41) is 3.31. The molecular formula is C14H16F3N3O. The van der Waals surface area contributed by atoms with E-state index in [1.165, 1.54) is 0 Å². The number of hydrogen-bond donors (Lipinski definition) is 3. The lowest BCUT2D eigenvalue weighted by Crippen LogP contribution is -2.24. The van der Waals surface area contributed by atoms with Crippen LogP contribution < -0.4 is 11.1 Å². The van der Waals surface area contributed by atoms with Gasteiger partial charge in [0.25, 0.3) is 5.91 Å². The minimum absolute atomic E-state index is 0.00458. The van der Waals surface area contributed by atoms with E-state index in [2.05, 4.69) is 10.3 Å². The number of benzene rings is 1. The van der Waals surface area contributed by atoms with Crippen molar-refractivity contribution in [2.24, 2.45) is 0 Å². The van der Waals surface area contributed by atoms with E-state index in [1.807, 2.05) is 0 Å². The Morgan fingerprint density at radius 3 is 2.76 bits per heavy atom. The Bertz CT molecular complexity index is 634. The molecule has 0 unspecified atom stereocenters. The van der Waals surface area contributed by atoms with E-state index < -0.39 is 12.6 Å². The molecule has 1 aromatic carbocycles. The largest absolute Gasteiger partial charge is 0.399 e. The van der Waals surface area contributed by atoms with Crippen molar-refractivity contribution < 1.29 is 18.0 Å². The summed E-state index contributed by atoms with van der Waals surface area (Å²) in [4.78, 5) is 14.9. The fourth-order valence-corrected chi connectivity index (χ4v) is 2.07. The summed E-state index contributed by atoms with van der Waals surface area (Å²) in [6, 6.07) is 5.17. The Kier molecular flexibility index (Phi) is 4.40. The van der Waals surface area contributed by atoms with E-state index >= 15 is 0 Å². The molecule has 0 saturated carbocycles. The van der Waals surface area contributed by atoms with Crippen molar-refractivity contribution in [1.82, 2.24) is 10.3 Å². The minimum atomic E-state index is -4.14. The first kappa shape index (κ1) is 15.2. The van der Waals surface area contributed by atoms with Crippen LogP contribution in [0.3, 0.4) is 0 Å². The average Bonchev–Trinajstić information content (AvgIpc) is 2.79. The number of nitrogens with one attached hydrogen (secondary N) is 2. The number of carbonyl (C=O) groups is 1. The molecule has 2 rings (SSSR count). The number of fused-ring (bicyclic) bond motifs is 1. The number of amides is 1. The van der Waals surface area contributed by atoms with Crippen LogP contribution in [0.15, 0.2) is 24.4 Å². The smallest absolute Gasteiger partial charge is 0.389 e. The molecule has 0 aliphatic rings. The second kappa shape index (κ2) is 6.07. The normalized spacial score (nSPS) is 11.8. The molecule has 0 radical (unpaired) electrons. The zero-order chi connectivity index (χ0) is 15.5. The van der Waals surface area contributed by atoms with E-state index in [9.17, 15) is 18.0 Å². The first-order valence-corrected chi connectivity index (χ1v) is 6.58. The maximum Gasteiger partial charge on any atom is 0.389 e. The first-order chi connectivity index (χ1) is 9.87. The molecule has 0 bridgehead atoms. The van der Waals surface area contributed by atoms with Gasteiger partial charge in [0, 0.05) is 35.8 Å². The number of halogens is 3. The third-order valence-electron chi connectivity index (χ3n) is 3.12. The van der Waals surface area contributed by atoms with Crippen LogP contribution in [-0.4, -0.2) is 23.6 Å². The third kappa shape index (κ3) is 4.14. The SMILES string of the molecule is Nc1ccc2[nH]cc(C(=O)NCCCCC(F)(F)F)c2c1. The number of aromatic amines is 1. The van der Waals surface area contributed by atoms with Gasteiger partial charge in [-0.2, -0.15) is 13.2 Å². The van der Waals surface area contributed by atoms with Crippen molar-refractivity contribution in [2.75, 3.05) is 12.3 Å². The first-order valence-electron chi connectivity index (χ1n) is 6.58. The summed E-state index contributed by atoms with van der Waals surface area (Å²) in [7, 11) is 0. The van der Waals surface area contributed by atoms with E-state index in [-0.39, 0.29) is 25.3 Å². The molecule has 7 heteroatoms. The zero-order valence-corrected chi connectivity index (χ0v) is 11.3. The van der Waals surface area contributed by atoms with Crippen LogP contribution in [0.5, 0.6) is 0 Å². The summed E-state index contributed by atoms with van der Waals surface area (Å²) < 4.78 is 35.9. The van der Waals surface area contributed by atoms with Gasteiger partial charge >= 0.3 is 6.18 Å². The lowest BCUT2D eigenvalue weighted by atomic mass is 10.1. The number of nitrogen functional groups attached to an aromatic ring is 1. The van der Waals surface area contributed by atoms with E-state index in [0.717, 1.165) is 5.52 Å². The van der Waals surface area contributed by atoms with Gasteiger partial charge in [0.1, 0.15) is 0 Å². The van der Waals surface area contributed by atoms with E-state index in [1.54, 1.807) is 24.4 Å². The molecule has 2 aromatic rings. The Hall–Kier alpha value is -2.18. The summed E-state index contributed by atoms with van der Waals surface area (Å²) in [5.74, 6) is -0.321. The van der Waals surface area contributed by atoms with Gasteiger partial charge in [-0.1, -0.05) is 0 Å². The van der Waals surface area contributed by atoms with Gasteiger partial charge in [-0.25, -0.2) is 0 Å². The van der Waals surface area contributed by atoms with Crippen LogP contribution in [0.2, 0.25) is 0 Å². The predicted molar refractivity (Wildman–Crippen MR) is 75.0 cm³/mol. The second-order valence-corrected chi connectivity index (χ2v) is 4.84. The van der Waals surface area contributed by atoms with Crippen molar-refractivity contribution in [1.29, 1.82) is 0 Å². The maximum absolute atomic E-state index is 12.0. The van der Waals surface area contributed by atoms with Crippen LogP contribution in [0, 0.1) is 0 Å². The molecule has 0 spiro atoms. The van der Waals surface area contributed by atoms with Crippen molar-refractivity contribution in [3.05, 3.63) is 30.0 Å². The van der Waals surface area contributed by atoms with Crippen molar-refractivity contribution in [2.45, 2.75) is 25.4 Å². The van der Waals surface area contributed by atoms with Gasteiger partial charge in [-0.3, -0.25) is 4.79 Å². The van der Waals surface area contributed by atoms with Crippen LogP contribution >= 0.6 is 0 Å². The maximum atomic E-state index is 12.0. The second-order valence-electron chi connectivity index (χ2n) is 4.84. The molecule has 0 fully saturated rings. The van der Waals surface area contributed by atoms with Gasteiger partial charge < -0.3 is 16.0 Å². The highest BCUT2D eigenvalue weighted by atomic mass is 19.4. The molecule has 114 valence electrons. The molecule has 1 heterocycles. The summed E-state index contributed by atoms with van der Waals surface area (Å²) in [5.41, 5.74) is 7.45. The molecule has 4 N–H and O–H groups in total. The average molecular weight is 299 g/mol. The third-order valence-corrected chi connectivity index (χ3v) is 3.12. The molecule has 21 heavy (non-hydrogen) atoms. The van der Waals surface area contributed by atoms with Crippen LogP contribution in [0.1, 0.15) is 29.6 Å². The standard InChI is InChI=1S/C14H16F3N3O/c15-14(16,17)5-1-2-6-19-13(21)11-8-20-12-4-3-9(18)7-10(11)12/h3-4,7-8,20H,1-2,5-6,18H2,(H,19,21). The molecule has 0 saturated heterocycles. The fourth-order valence-electron chi connectivity index (χ4n) is 2.07. The van der Waals surface area contributed by atoms with E-state index in [0.29, 0.717) is 16.6 Å². The Labute approximate surface area is 119 Å². The predicted octanol–water partition coefficient (Wildman–Crippen LogP) is 3.21. The van der Waals surface area contributed by atoms with Gasteiger partial charge in [0.2, 0.25) is 0 Å². The molecule has 0 aliphatic carbocycles. The quantitative estimate of drug-likeness (QED) is 0.586. The van der Waals surface area contributed by atoms with Crippen molar-refractivity contribution >= 4 is 22.5 Å². The number of rotatable bonds is 5. The van der Waals surface area contributed by atoms with Gasteiger partial charge in [0.15, 0.2) is 0 Å². The van der Waals surface area contributed by atoms with Crippen LogP contribution in [-0.2, 0) is 0 Å². The highest BCUT2D eigenvalue weighted by molar-refractivity contribution is 6.07. The summed E-state index contributed by atoms with van der Waals surface area (Å²) in [6.45, 7) is 0.212. The monoisotopic (exact) mass is 299 g/mol. The molecule has 1 aromatic heterocycles. The molecular weight excluding hydrogens is 283 g/mol. The van der Waals surface area contributed by atoms with Crippen molar-refractivity contribution in [3.8, 4) is 0 Å². The van der Waals surface area contributed by atoms with Gasteiger partial charge in [-0.05, 0) is 31.0 Å². The van der Waals surface area contributed by atoms with Crippen LogP contribution in [0.25, 0.3) is 10.9 Å². The summed E-state index contributed by atoms with van der Waals surface area (Å²) in [6.07, 6.45) is -3.11. The summed E-state index contributed by atoms with van der Waals surface area (Å²) >= 11 is 0. The van der Waals surface area contributed by atoms with Crippen molar-refractivity contribution in [3.63, 3.8) is 0 Å². The number of H-pyrrole nitrogens is 1. The molecule has 1 amide bonds. The van der Waals surface area contributed by atoms with Gasteiger partial charge in [-0.15, -0.1) is 0 Å². The van der Waals surface area contributed by atoms with Gasteiger partial charge in [0.05, 0.1) is 5.56 Å². The minimum Gasteiger partial charge on any atom is -0.399 e.